The maximum atomic E-state index is 15.9. The third-order valence-corrected chi connectivity index (χ3v) is 8.56. The van der Waals surface area contributed by atoms with Gasteiger partial charge in [0, 0.05) is 37.4 Å². The molecule has 0 aliphatic carbocycles. The summed E-state index contributed by atoms with van der Waals surface area (Å²) in [7, 11) is 1.40. The SMILES string of the molecule is C[C@@H](c1cc2c(c(C(F)(F)F)c1)CN(c1cccc(C3(C(F)(F)c4nncn4C)COC3)c1)C2=O)N1CC[C@H](F)C1. The Hall–Kier alpha value is -3.45. The second kappa shape index (κ2) is 9.55. The minimum atomic E-state index is -4.74. The number of fused-ring (bicyclic) bond motifs is 1. The van der Waals surface area contributed by atoms with Crippen molar-refractivity contribution in [3.8, 4) is 0 Å². The van der Waals surface area contributed by atoms with Crippen LogP contribution in [0.3, 0.4) is 0 Å². The molecule has 0 radical (unpaired) electrons. The Kier molecular flexibility index (Phi) is 6.45. The highest BCUT2D eigenvalue weighted by molar-refractivity contribution is 6.10. The van der Waals surface area contributed by atoms with E-state index < -0.39 is 47.0 Å². The van der Waals surface area contributed by atoms with Crippen LogP contribution in [0.4, 0.5) is 32.0 Å². The second-order valence-electron chi connectivity index (χ2n) is 11.0. The molecule has 3 aliphatic rings. The van der Waals surface area contributed by atoms with Gasteiger partial charge < -0.3 is 14.2 Å². The lowest BCUT2D eigenvalue weighted by atomic mass is 9.72. The number of halogens is 6. The van der Waals surface area contributed by atoms with E-state index in [-0.39, 0.29) is 54.2 Å². The van der Waals surface area contributed by atoms with Crippen LogP contribution in [0.15, 0.2) is 42.7 Å². The molecular weight excluding hydrogens is 552 g/mol. The Morgan fingerprint density at radius 1 is 1.12 bits per heavy atom. The highest BCUT2D eigenvalue weighted by atomic mass is 19.4. The Balaban J connectivity index is 1.37. The van der Waals surface area contributed by atoms with E-state index in [1.807, 2.05) is 0 Å². The van der Waals surface area contributed by atoms with Crippen molar-refractivity contribution in [1.82, 2.24) is 19.7 Å². The van der Waals surface area contributed by atoms with E-state index in [0.717, 1.165) is 10.6 Å². The van der Waals surface area contributed by atoms with E-state index >= 15 is 8.78 Å². The summed E-state index contributed by atoms with van der Waals surface area (Å²) in [6, 6.07) is 7.82. The fraction of sp³-hybridized carbons (Fsp3) is 0.464. The first-order valence-electron chi connectivity index (χ1n) is 13.2. The lowest BCUT2D eigenvalue weighted by molar-refractivity contribution is -0.206. The number of anilines is 1. The van der Waals surface area contributed by atoms with Crippen molar-refractivity contribution in [3.63, 3.8) is 0 Å². The molecule has 0 spiro atoms. The zero-order valence-corrected chi connectivity index (χ0v) is 22.3. The summed E-state index contributed by atoms with van der Waals surface area (Å²) in [6.45, 7) is 1.19. The van der Waals surface area contributed by atoms with Crippen LogP contribution < -0.4 is 4.90 Å². The molecule has 13 heteroatoms. The highest BCUT2D eigenvalue weighted by Gasteiger charge is 2.63. The first kappa shape index (κ1) is 27.7. The molecule has 0 N–H and O–H groups in total. The Morgan fingerprint density at radius 2 is 1.88 bits per heavy atom. The number of rotatable bonds is 6. The van der Waals surface area contributed by atoms with Gasteiger partial charge >= 0.3 is 12.1 Å². The Morgan fingerprint density at radius 3 is 2.46 bits per heavy atom. The maximum Gasteiger partial charge on any atom is 0.416 e. The van der Waals surface area contributed by atoms with Crippen LogP contribution in [0.25, 0.3) is 0 Å². The molecule has 0 bridgehead atoms. The monoisotopic (exact) mass is 579 g/mol. The van der Waals surface area contributed by atoms with Crippen LogP contribution >= 0.6 is 0 Å². The second-order valence-corrected chi connectivity index (χ2v) is 11.0. The third-order valence-electron chi connectivity index (χ3n) is 8.56. The van der Waals surface area contributed by atoms with Crippen LogP contribution in [0.1, 0.15) is 57.8 Å². The van der Waals surface area contributed by atoms with Crippen molar-refractivity contribution in [1.29, 1.82) is 0 Å². The molecule has 2 aromatic carbocycles. The van der Waals surface area contributed by atoms with Crippen molar-refractivity contribution >= 4 is 11.6 Å². The molecule has 218 valence electrons. The predicted molar refractivity (Wildman–Crippen MR) is 135 cm³/mol. The highest BCUT2D eigenvalue weighted by Crippen LogP contribution is 2.51. The van der Waals surface area contributed by atoms with Gasteiger partial charge in [-0.25, -0.2) is 4.39 Å². The van der Waals surface area contributed by atoms with Crippen molar-refractivity contribution in [2.75, 3.05) is 31.2 Å². The lowest BCUT2D eigenvalue weighted by Gasteiger charge is -2.46. The molecule has 3 aromatic rings. The molecule has 0 saturated carbocycles. The number of aryl methyl sites for hydroxylation is 1. The number of carbonyl (C=O) groups is 1. The molecule has 4 heterocycles. The smallest absolute Gasteiger partial charge is 0.379 e. The van der Waals surface area contributed by atoms with Crippen LogP contribution in [0, 0.1) is 0 Å². The first-order valence-corrected chi connectivity index (χ1v) is 13.2. The molecule has 2 fully saturated rings. The number of carbonyl (C=O) groups excluding carboxylic acids is 1. The number of likely N-dealkylation sites (tertiary alicyclic amines) is 1. The quantitative estimate of drug-likeness (QED) is 0.378. The van der Waals surface area contributed by atoms with E-state index in [4.69, 9.17) is 4.74 Å². The van der Waals surface area contributed by atoms with Crippen molar-refractivity contribution < 1.29 is 35.9 Å². The van der Waals surface area contributed by atoms with E-state index in [1.165, 1.54) is 48.6 Å². The summed E-state index contributed by atoms with van der Waals surface area (Å²) in [5, 5.41) is 7.17. The number of alkyl halides is 6. The van der Waals surface area contributed by atoms with Gasteiger partial charge in [-0.1, -0.05) is 12.1 Å². The minimum Gasteiger partial charge on any atom is -0.379 e. The number of amides is 1. The minimum absolute atomic E-state index is 0.103. The molecular formula is C28H27F6N5O2. The molecule has 6 rings (SSSR count). The normalized spacial score (nSPS) is 21.7. The van der Waals surface area contributed by atoms with Crippen LogP contribution in [0.2, 0.25) is 0 Å². The molecule has 3 aliphatic heterocycles. The van der Waals surface area contributed by atoms with Gasteiger partial charge in [-0.15, -0.1) is 10.2 Å². The summed E-state index contributed by atoms with van der Waals surface area (Å²) in [6.07, 6.45) is -4.33. The Bertz CT molecular complexity index is 1500. The van der Waals surface area contributed by atoms with Gasteiger partial charge in [0.25, 0.3) is 5.91 Å². The van der Waals surface area contributed by atoms with Crippen LogP contribution in [0.5, 0.6) is 0 Å². The molecule has 2 saturated heterocycles. The molecule has 1 aromatic heterocycles. The summed E-state index contributed by atoms with van der Waals surface area (Å²) in [4.78, 5) is 16.5. The van der Waals surface area contributed by atoms with Gasteiger partial charge in [-0.05, 0) is 54.3 Å². The summed E-state index contributed by atoms with van der Waals surface area (Å²) in [5.41, 5.74) is -2.40. The molecule has 0 unspecified atom stereocenters. The molecule has 7 nitrogen and oxygen atoms in total. The van der Waals surface area contributed by atoms with Gasteiger partial charge in [0.1, 0.15) is 17.9 Å². The number of hydrogen-bond donors (Lipinski definition) is 0. The number of aromatic nitrogens is 3. The maximum absolute atomic E-state index is 15.9. The Labute approximate surface area is 231 Å². The van der Waals surface area contributed by atoms with Gasteiger partial charge in [0.05, 0.1) is 25.3 Å². The zero-order chi connectivity index (χ0) is 29.3. The van der Waals surface area contributed by atoms with Gasteiger partial charge in [-0.3, -0.25) is 9.69 Å². The van der Waals surface area contributed by atoms with Gasteiger partial charge in [-0.2, -0.15) is 22.0 Å². The molecule has 1 amide bonds. The van der Waals surface area contributed by atoms with Crippen LogP contribution in [-0.2, 0) is 35.8 Å². The fourth-order valence-electron chi connectivity index (χ4n) is 6.03. The lowest BCUT2D eigenvalue weighted by Crippen LogP contribution is -2.58. The first-order chi connectivity index (χ1) is 19.3. The number of nitrogens with zero attached hydrogens (tertiary/aromatic N) is 5. The zero-order valence-electron chi connectivity index (χ0n) is 22.3. The summed E-state index contributed by atoms with van der Waals surface area (Å²) < 4.78 is 94.6. The van der Waals surface area contributed by atoms with E-state index in [1.54, 1.807) is 11.8 Å². The van der Waals surface area contributed by atoms with Crippen molar-refractivity contribution in [3.05, 3.63) is 76.4 Å². The third kappa shape index (κ3) is 4.32. The van der Waals surface area contributed by atoms with Crippen molar-refractivity contribution in [2.45, 2.75) is 49.6 Å². The molecule has 2 atom stereocenters. The number of ether oxygens (including phenoxy) is 1. The standard InChI is InChI=1S/C28H27F6N5O2/c1-16(38-7-6-19(29)11-38)17-8-21-22(23(9-17)28(32,33)34)12-39(24(21)40)20-5-3-4-18(10-20)26(13-41-14-26)27(30,31)25-36-35-15-37(25)2/h3-5,8-10,15-16,19H,6-7,11-14H2,1-2H3/t16-,19-/m0/s1. The van der Waals surface area contributed by atoms with Gasteiger partial charge in [0.15, 0.2) is 0 Å². The van der Waals surface area contributed by atoms with Gasteiger partial charge in [0.2, 0.25) is 5.82 Å². The van der Waals surface area contributed by atoms with E-state index in [2.05, 4.69) is 10.2 Å². The van der Waals surface area contributed by atoms with Crippen LogP contribution in [-0.4, -0.2) is 58.0 Å². The largest absolute Gasteiger partial charge is 0.416 e. The average Bonchev–Trinajstić information content (AvgIpc) is 3.61. The fourth-order valence-corrected chi connectivity index (χ4v) is 6.03. The van der Waals surface area contributed by atoms with E-state index in [9.17, 15) is 22.4 Å². The average molecular weight is 580 g/mol. The summed E-state index contributed by atoms with van der Waals surface area (Å²) in [5.74, 6) is -4.71. The van der Waals surface area contributed by atoms with Crippen molar-refractivity contribution in [2.24, 2.45) is 7.05 Å². The van der Waals surface area contributed by atoms with E-state index in [0.29, 0.717) is 13.0 Å². The predicted octanol–water partition coefficient (Wildman–Crippen LogP) is 5.16. The number of hydrogen-bond acceptors (Lipinski definition) is 5. The summed E-state index contributed by atoms with van der Waals surface area (Å²) >= 11 is 0. The number of benzene rings is 2. The molecule has 41 heavy (non-hydrogen) atoms. The topological polar surface area (TPSA) is 63.5 Å².